The summed E-state index contributed by atoms with van der Waals surface area (Å²) < 4.78 is 17.0. The van der Waals surface area contributed by atoms with Gasteiger partial charge in [-0.15, -0.1) is 0 Å². The van der Waals surface area contributed by atoms with Gasteiger partial charge in [-0.2, -0.15) is 0 Å². The molecule has 0 bridgehead atoms. The van der Waals surface area contributed by atoms with Gasteiger partial charge in [-0.3, -0.25) is 4.79 Å². The number of fused-ring (bicyclic) bond motifs is 1. The molecule has 6 heteroatoms. The molecule has 0 unspecified atom stereocenters. The van der Waals surface area contributed by atoms with Crippen molar-refractivity contribution in [2.24, 2.45) is 0 Å². The average molecular weight is 348 g/mol. The Hall–Kier alpha value is -2.40. The molecular weight excluding hydrogens is 330 g/mol. The SMILES string of the molecule is C[C@H](Oc1ccccc1Cl)C(=O)NC[C@H]1COc2ccccc2O1. The molecule has 24 heavy (non-hydrogen) atoms. The molecule has 0 aliphatic carbocycles. The van der Waals surface area contributed by atoms with Gasteiger partial charge in [0, 0.05) is 0 Å². The van der Waals surface area contributed by atoms with Crippen molar-refractivity contribution in [3.8, 4) is 17.2 Å². The summed E-state index contributed by atoms with van der Waals surface area (Å²) in [5.74, 6) is 1.64. The van der Waals surface area contributed by atoms with Gasteiger partial charge < -0.3 is 19.5 Å². The fourth-order valence-electron chi connectivity index (χ4n) is 2.31. The molecule has 1 amide bonds. The largest absolute Gasteiger partial charge is 0.486 e. The van der Waals surface area contributed by atoms with Gasteiger partial charge in [-0.05, 0) is 31.2 Å². The van der Waals surface area contributed by atoms with Crippen molar-refractivity contribution >= 4 is 17.5 Å². The molecule has 0 spiro atoms. The molecule has 1 aliphatic rings. The standard InChI is InChI=1S/C18H18ClNO4/c1-12(23-15-7-3-2-6-14(15)19)18(21)20-10-13-11-22-16-8-4-5-9-17(16)24-13/h2-9,12-13H,10-11H2,1H3,(H,20,21)/t12-,13-/m0/s1. The van der Waals surface area contributed by atoms with Crippen LogP contribution in [0.2, 0.25) is 5.02 Å². The zero-order valence-electron chi connectivity index (χ0n) is 13.2. The zero-order valence-corrected chi connectivity index (χ0v) is 14.0. The lowest BCUT2D eigenvalue weighted by molar-refractivity contribution is -0.127. The predicted molar refractivity (Wildman–Crippen MR) is 90.9 cm³/mol. The summed E-state index contributed by atoms with van der Waals surface area (Å²) in [7, 11) is 0. The van der Waals surface area contributed by atoms with Crippen molar-refractivity contribution in [2.75, 3.05) is 13.2 Å². The highest BCUT2D eigenvalue weighted by atomic mass is 35.5. The summed E-state index contributed by atoms with van der Waals surface area (Å²) in [5.41, 5.74) is 0. The summed E-state index contributed by atoms with van der Waals surface area (Å²) >= 11 is 6.03. The third-order valence-corrected chi connectivity index (χ3v) is 3.89. The average Bonchev–Trinajstić information content (AvgIpc) is 2.61. The third kappa shape index (κ3) is 3.92. The second-order valence-corrected chi connectivity index (χ2v) is 5.84. The highest BCUT2D eigenvalue weighted by Gasteiger charge is 2.23. The molecule has 2 atom stereocenters. The van der Waals surface area contributed by atoms with Crippen LogP contribution in [0.3, 0.4) is 0 Å². The van der Waals surface area contributed by atoms with Crippen LogP contribution in [-0.4, -0.2) is 31.3 Å². The summed E-state index contributed by atoms with van der Waals surface area (Å²) in [6.45, 7) is 2.40. The Morgan fingerprint density at radius 3 is 2.75 bits per heavy atom. The topological polar surface area (TPSA) is 56.8 Å². The molecule has 0 aromatic heterocycles. The molecular formula is C18H18ClNO4. The van der Waals surface area contributed by atoms with Crippen LogP contribution in [-0.2, 0) is 4.79 Å². The van der Waals surface area contributed by atoms with E-state index in [4.69, 9.17) is 25.8 Å². The number of benzene rings is 2. The molecule has 0 saturated heterocycles. The molecule has 3 rings (SSSR count). The molecule has 2 aromatic rings. The maximum absolute atomic E-state index is 12.2. The van der Waals surface area contributed by atoms with E-state index < -0.39 is 6.10 Å². The number of para-hydroxylation sites is 3. The second kappa shape index (κ2) is 7.45. The minimum atomic E-state index is -0.665. The van der Waals surface area contributed by atoms with Gasteiger partial charge >= 0.3 is 0 Å². The van der Waals surface area contributed by atoms with Crippen molar-refractivity contribution in [3.05, 3.63) is 53.6 Å². The molecule has 2 aromatic carbocycles. The number of carbonyl (C=O) groups excluding carboxylic acids is 1. The van der Waals surface area contributed by atoms with Crippen molar-refractivity contribution in [1.82, 2.24) is 5.32 Å². The molecule has 0 fully saturated rings. The molecule has 0 radical (unpaired) electrons. The van der Waals surface area contributed by atoms with Crippen LogP contribution >= 0.6 is 11.6 Å². The van der Waals surface area contributed by atoms with Crippen LogP contribution in [0.5, 0.6) is 17.2 Å². The molecule has 1 N–H and O–H groups in total. The van der Waals surface area contributed by atoms with Crippen LogP contribution in [0, 0.1) is 0 Å². The normalized spacial score (nSPS) is 17.0. The van der Waals surface area contributed by atoms with E-state index in [-0.39, 0.29) is 12.0 Å². The van der Waals surface area contributed by atoms with E-state index in [1.165, 1.54) is 0 Å². The summed E-state index contributed by atoms with van der Waals surface area (Å²) in [4.78, 5) is 12.2. The number of nitrogens with one attached hydrogen (secondary N) is 1. The lowest BCUT2D eigenvalue weighted by Crippen LogP contribution is -2.44. The number of hydrogen-bond donors (Lipinski definition) is 1. The van der Waals surface area contributed by atoms with Crippen LogP contribution in [0.4, 0.5) is 0 Å². The zero-order chi connectivity index (χ0) is 16.9. The van der Waals surface area contributed by atoms with E-state index in [1.54, 1.807) is 31.2 Å². The molecule has 0 saturated carbocycles. The Morgan fingerprint density at radius 2 is 1.96 bits per heavy atom. The maximum atomic E-state index is 12.2. The second-order valence-electron chi connectivity index (χ2n) is 5.43. The van der Waals surface area contributed by atoms with Crippen LogP contribution in [0.1, 0.15) is 6.92 Å². The first-order valence-electron chi connectivity index (χ1n) is 7.71. The number of halogens is 1. The summed E-state index contributed by atoms with van der Waals surface area (Å²) in [6, 6.07) is 14.5. The third-order valence-electron chi connectivity index (χ3n) is 3.58. The highest BCUT2D eigenvalue weighted by molar-refractivity contribution is 6.32. The Labute approximate surface area is 145 Å². The van der Waals surface area contributed by atoms with Gasteiger partial charge in [0.1, 0.15) is 18.5 Å². The van der Waals surface area contributed by atoms with Crippen LogP contribution < -0.4 is 19.5 Å². The van der Waals surface area contributed by atoms with Crippen molar-refractivity contribution in [1.29, 1.82) is 0 Å². The lowest BCUT2D eigenvalue weighted by Gasteiger charge is -2.27. The summed E-state index contributed by atoms with van der Waals surface area (Å²) in [6.07, 6.45) is -0.905. The van der Waals surface area contributed by atoms with Crippen molar-refractivity contribution in [2.45, 2.75) is 19.1 Å². The van der Waals surface area contributed by atoms with Gasteiger partial charge in [0.05, 0.1) is 11.6 Å². The van der Waals surface area contributed by atoms with E-state index in [0.717, 1.165) is 5.75 Å². The smallest absolute Gasteiger partial charge is 0.260 e. The number of ether oxygens (including phenoxy) is 3. The number of amides is 1. The van der Waals surface area contributed by atoms with Gasteiger partial charge in [0.15, 0.2) is 17.6 Å². The highest BCUT2D eigenvalue weighted by Crippen LogP contribution is 2.30. The maximum Gasteiger partial charge on any atom is 0.260 e. The fourth-order valence-corrected chi connectivity index (χ4v) is 2.49. The Balaban J connectivity index is 1.50. The predicted octanol–water partition coefficient (Wildman–Crippen LogP) is 3.06. The van der Waals surface area contributed by atoms with Gasteiger partial charge in [0.25, 0.3) is 5.91 Å². The van der Waals surface area contributed by atoms with Crippen molar-refractivity contribution < 1.29 is 19.0 Å². The van der Waals surface area contributed by atoms with E-state index in [9.17, 15) is 4.79 Å². The quantitative estimate of drug-likeness (QED) is 0.903. The number of hydrogen-bond acceptors (Lipinski definition) is 4. The number of carbonyl (C=O) groups is 1. The van der Waals surface area contributed by atoms with Crippen LogP contribution in [0.25, 0.3) is 0 Å². The van der Waals surface area contributed by atoms with Gasteiger partial charge in [-0.25, -0.2) is 0 Å². The Morgan fingerprint density at radius 1 is 1.25 bits per heavy atom. The molecule has 1 aliphatic heterocycles. The first-order chi connectivity index (χ1) is 11.6. The van der Waals surface area contributed by atoms with E-state index >= 15 is 0 Å². The Kier molecular flexibility index (Phi) is 5.11. The lowest BCUT2D eigenvalue weighted by atomic mass is 10.2. The minimum Gasteiger partial charge on any atom is -0.486 e. The van der Waals surface area contributed by atoms with E-state index in [1.807, 2.05) is 24.3 Å². The van der Waals surface area contributed by atoms with E-state index in [2.05, 4.69) is 5.32 Å². The molecule has 126 valence electrons. The first kappa shape index (κ1) is 16.5. The van der Waals surface area contributed by atoms with Gasteiger partial charge in [0.2, 0.25) is 0 Å². The Bertz CT molecular complexity index is 722. The molecule has 1 heterocycles. The first-order valence-corrected chi connectivity index (χ1v) is 8.08. The minimum absolute atomic E-state index is 0.239. The summed E-state index contributed by atoms with van der Waals surface area (Å²) in [5, 5.41) is 3.28. The van der Waals surface area contributed by atoms with E-state index in [0.29, 0.717) is 29.7 Å². The number of rotatable bonds is 5. The fraction of sp³-hybridized carbons (Fsp3) is 0.278. The molecule has 5 nitrogen and oxygen atoms in total. The van der Waals surface area contributed by atoms with Crippen LogP contribution in [0.15, 0.2) is 48.5 Å². The van der Waals surface area contributed by atoms with Crippen molar-refractivity contribution in [3.63, 3.8) is 0 Å². The monoisotopic (exact) mass is 347 g/mol. The van der Waals surface area contributed by atoms with Gasteiger partial charge in [-0.1, -0.05) is 35.9 Å².